The molecule has 0 bridgehead atoms. The molecule has 0 saturated carbocycles. The highest BCUT2D eigenvalue weighted by molar-refractivity contribution is 5.83. The smallest absolute Gasteiger partial charge is 0.336 e. The Labute approximate surface area is 134 Å². The molecule has 0 saturated heterocycles. The van der Waals surface area contributed by atoms with Crippen LogP contribution in [0.2, 0.25) is 0 Å². The SMILES string of the molecule is Cc1cccc2c(C(O)N(CCCO)CCCO)cc(=O)oc12. The Hall–Kier alpha value is -1.73. The van der Waals surface area contributed by atoms with Crippen molar-refractivity contribution in [3.05, 3.63) is 45.8 Å². The van der Waals surface area contributed by atoms with Gasteiger partial charge in [-0.3, -0.25) is 4.90 Å². The highest BCUT2D eigenvalue weighted by atomic mass is 16.4. The summed E-state index contributed by atoms with van der Waals surface area (Å²) in [4.78, 5) is 13.6. The maximum atomic E-state index is 11.8. The van der Waals surface area contributed by atoms with Crippen LogP contribution in [0.25, 0.3) is 11.0 Å². The molecule has 1 unspecified atom stereocenters. The van der Waals surface area contributed by atoms with Gasteiger partial charge in [0.1, 0.15) is 11.8 Å². The zero-order valence-electron chi connectivity index (χ0n) is 13.2. The molecule has 0 spiro atoms. The number of benzene rings is 1. The number of rotatable bonds is 8. The average Bonchev–Trinajstić information content (AvgIpc) is 2.54. The van der Waals surface area contributed by atoms with Gasteiger partial charge < -0.3 is 19.7 Å². The van der Waals surface area contributed by atoms with Gasteiger partial charge in [-0.2, -0.15) is 0 Å². The lowest BCUT2D eigenvalue weighted by atomic mass is 10.0. The van der Waals surface area contributed by atoms with Crippen molar-refractivity contribution in [3.8, 4) is 0 Å². The maximum Gasteiger partial charge on any atom is 0.336 e. The predicted octanol–water partition coefficient (Wildman–Crippen LogP) is 1.16. The number of aliphatic hydroxyl groups excluding tert-OH is 3. The van der Waals surface area contributed by atoms with Crippen molar-refractivity contribution in [2.75, 3.05) is 26.3 Å². The lowest BCUT2D eigenvalue weighted by molar-refractivity contribution is -0.00384. The van der Waals surface area contributed by atoms with Crippen molar-refractivity contribution >= 4 is 11.0 Å². The number of hydrogen-bond donors (Lipinski definition) is 3. The van der Waals surface area contributed by atoms with E-state index in [1.165, 1.54) is 6.07 Å². The molecule has 0 aliphatic carbocycles. The molecule has 23 heavy (non-hydrogen) atoms. The molecule has 1 aromatic carbocycles. The van der Waals surface area contributed by atoms with Crippen molar-refractivity contribution in [2.45, 2.75) is 26.0 Å². The largest absolute Gasteiger partial charge is 0.422 e. The number of nitrogens with zero attached hydrogens (tertiary/aromatic N) is 1. The molecule has 0 aliphatic heterocycles. The third kappa shape index (κ3) is 4.17. The normalized spacial score (nSPS) is 12.9. The van der Waals surface area contributed by atoms with Crippen molar-refractivity contribution < 1.29 is 19.7 Å². The van der Waals surface area contributed by atoms with Crippen LogP contribution in [0, 0.1) is 6.92 Å². The molecule has 1 heterocycles. The molecular formula is C17H23NO5. The first-order valence-corrected chi connectivity index (χ1v) is 7.75. The van der Waals surface area contributed by atoms with Gasteiger partial charge in [-0.05, 0) is 25.3 Å². The van der Waals surface area contributed by atoms with Gasteiger partial charge in [-0.25, -0.2) is 4.79 Å². The van der Waals surface area contributed by atoms with E-state index in [1.807, 2.05) is 19.1 Å². The molecule has 0 radical (unpaired) electrons. The average molecular weight is 321 g/mol. The standard InChI is InChI=1S/C17H23NO5/c1-12-5-2-6-13-14(11-15(21)23-16(12)13)17(22)18(7-3-9-19)8-4-10-20/h2,5-6,11,17,19-20,22H,3-4,7-10H2,1H3. The molecule has 2 rings (SSSR count). The number of hydrogen-bond acceptors (Lipinski definition) is 6. The lowest BCUT2D eigenvalue weighted by Crippen LogP contribution is -2.32. The molecule has 1 atom stereocenters. The maximum absolute atomic E-state index is 11.8. The summed E-state index contributed by atoms with van der Waals surface area (Å²) in [6.45, 7) is 2.80. The van der Waals surface area contributed by atoms with Crippen molar-refractivity contribution in [3.63, 3.8) is 0 Å². The van der Waals surface area contributed by atoms with Gasteiger partial charge in [0.15, 0.2) is 0 Å². The quantitative estimate of drug-likeness (QED) is 0.499. The highest BCUT2D eigenvalue weighted by Crippen LogP contribution is 2.27. The van der Waals surface area contributed by atoms with Crippen LogP contribution in [0.1, 0.15) is 30.2 Å². The summed E-state index contributed by atoms with van der Waals surface area (Å²) in [5.41, 5.74) is 1.27. The van der Waals surface area contributed by atoms with E-state index in [2.05, 4.69) is 0 Å². The third-order valence-electron chi connectivity index (χ3n) is 3.83. The van der Waals surface area contributed by atoms with Crippen LogP contribution in [0.4, 0.5) is 0 Å². The minimum absolute atomic E-state index is 0.0130. The minimum atomic E-state index is -0.999. The molecule has 126 valence electrons. The number of para-hydroxylation sites is 1. The van der Waals surface area contributed by atoms with Gasteiger partial charge in [-0.15, -0.1) is 0 Å². The number of fused-ring (bicyclic) bond motifs is 1. The van der Waals surface area contributed by atoms with E-state index in [0.717, 1.165) is 5.56 Å². The molecule has 0 aliphatic rings. The summed E-state index contributed by atoms with van der Waals surface area (Å²) in [5.74, 6) is 0. The van der Waals surface area contributed by atoms with Crippen molar-refractivity contribution in [2.24, 2.45) is 0 Å². The number of aryl methyl sites for hydroxylation is 1. The zero-order valence-corrected chi connectivity index (χ0v) is 13.2. The van der Waals surface area contributed by atoms with E-state index in [1.54, 1.807) is 11.0 Å². The molecule has 0 fully saturated rings. The second-order valence-electron chi connectivity index (χ2n) is 5.54. The summed E-state index contributed by atoms with van der Waals surface area (Å²) in [5, 5.41) is 29.5. The summed E-state index contributed by atoms with van der Waals surface area (Å²) in [6, 6.07) is 6.80. The summed E-state index contributed by atoms with van der Waals surface area (Å²) >= 11 is 0. The molecule has 6 heteroatoms. The van der Waals surface area contributed by atoms with Crippen LogP contribution in [-0.2, 0) is 0 Å². The Bertz CT molecular complexity index is 689. The highest BCUT2D eigenvalue weighted by Gasteiger charge is 2.21. The molecule has 6 nitrogen and oxygen atoms in total. The van der Waals surface area contributed by atoms with Crippen molar-refractivity contribution in [1.29, 1.82) is 0 Å². The number of aliphatic hydroxyl groups is 3. The van der Waals surface area contributed by atoms with Gasteiger partial charge in [0.25, 0.3) is 0 Å². The van der Waals surface area contributed by atoms with Gasteiger partial charge in [0, 0.05) is 43.3 Å². The van der Waals surface area contributed by atoms with Gasteiger partial charge in [0.05, 0.1) is 0 Å². The fraction of sp³-hybridized carbons (Fsp3) is 0.471. The second kappa shape index (κ2) is 8.21. The van der Waals surface area contributed by atoms with Gasteiger partial charge in [-0.1, -0.05) is 18.2 Å². The minimum Gasteiger partial charge on any atom is -0.422 e. The van der Waals surface area contributed by atoms with Crippen molar-refractivity contribution in [1.82, 2.24) is 4.90 Å². The fourth-order valence-electron chi connectivity index (χ4n) is 2.66. The van der Waals surface area contributed by atoms with E-state index in [0.29, 0.717) is 42.5 Å². The molecule has 0 amide bonds. The molecule has 1 aromatic heterocycles. The Morgan fingerprint density at radius 3 is 2.43 bits per heavy atom. The van der Waals surface area contributed by atoms with Gasteiger partial charge in [0.2, 0.25) is 0 Å². The first kappa shape index (κ1) is 17.6. The monoisotopic (exact) mass is 321 g/mol. The molecular weight excluding hydrogens is 298 g/mol. The van der Waals surface area contributed by atoms with Crippen LogP contribution < -0.4 is 5.63 Å². The van der Waals surface area contributed by atoms with E-state index in [9.17, 15) is 9.90 Å². The topological polar surface area (TPSA) is 94.1 Å². The van der Waals surface area contributed by atoms with E-state index < -0.39 is 11.9 Å². The van der Waals surface area contributed by atoms with Crippen LogP contribution in [-0.4, -0.2) is 46.5 Å². The third-order valence-corrected chi connectivity index (χ3v) is 3.83. The fourth-order valence-corrected chi connectivity index (χ4v) is 2.66. The first-order valence-electron chi connectivity index (χ1n) is 7.75. The van der Waals surface area contributed by atoms with Crippen LogP contribution >= 0.6 is 0 Å². The predicted molar refractivity (Wildman–Crippen MR) is 87.2 cm³/mol. The Balaban J connectivity index is 2.43. The van der Waals surface area contributed by atoms with Crippen LogP contribution in [0.5, 0.6) is 0 Å². The molecule has 2 aromatic rings. The van der Waals surface area contributed by atoms with Gasteiger partial charge >= 0.3 is 5.63 Å². The zero-order chi connectivity index (χ0) is 16.8. The van der Waals surface area contributed by atoms with Crippen LogP contribution in [0.15, 0.2) is 33.5 Å². The Morgan fingerprint density at radius 1 is 1.17 bits per heavy atom. The second-order valence-corrected chi connectivity index (χ2v) is 5.54. The van der Waals surface area contributed by atoms with Crippen LogP contribution in [0.3, 0.4) is 0 Å². The van der Waals surface area contributed by atoms with E-state index in [4.69, 9.17) is 14.6 Å². The summed E-state index contributed by atoms with van der Waals surface area (Å²) in [6.07, 6.45) is 0.00315. The first-order chi connectivity index (χ1) is 11.1. The summed E-state index contributed by atoms with van der Waals surface area (Å²) in [7, 11) is 0. The van der Waals surface area contributed by atoms with E-state index in [-0.39, 0.29) is 13.2 Å². The van der Waals surface area contributed by atoms with E-state index >= 15 is 0 Å². The summed E-state index contributed by atoms with van der Waals surface area (Å²) < 4.78 is 5.26. The Kier molecular flexibility index (Phi) is 6.29. The lowest BCUT2D eigenvalue weighted by Gasteiger charge is -2.28. The Morgan fingerprint density at radius 2 is 1.83 bits per heavy atom. The molecule has 3 N–H and O–H groups in total.